The van der Waals surface area contributed by atoms with Gasteiger partial charge in [0, 0.05) is 19.5 Å². The molecule has 10 heteroatoms. The van der Waals surface area contributed by atoms with Crippen molar-refractivity contribution in [2.45, 2.75) is 56.3 Å². The molecule has 6 rings (SSSR count). The van der Waals surface area contributed by atoms with Crippen LogP contribution in [0.3, 0.4) is 0 Å². The van der Waals surface area contributed by atoms with Crippen molar-refractivity contribution in [3.8, 4) is 0 Å². The summed E-state index contributed by atoms with van der Waals surface area (Å²) in [7, 11) is -3.89. The number of carbonyl (C=O) groups is 1. The maximum absolute atomic E-state index is 13.5. The van der Waals surface area contributed by atoms with Crippen molar-refractivity contribution in [1.29, 1.82) is 0 Å². The van der Waals surface area contributed by atoms with Gasteiger partial charge in [0.15, 0.2) is 5.82 Å². The molecule has 1 unspecified atom stereocenters. The normalized spacial score (nSPS) is 17.1. The maximum Gasteiger partial charge on any atom is 0.241 e. The lowest BCUT2D eigenvalue weighted by Crippen LogP contribution is -2.41. The van der Waals surface area contributed by atoms with Crippen LogP contribution in [0.25, 0.3) is 10.8 Å². The third kappa shape index (κ3) is 5.79. The van der Waals surface area contributed by atoms with E-state index in [1.54, 1.807) is 23.1 Å². The van der Waals surface area contributed by atoms with Gasteiger partial charge in [0.1, 0.15) is 5.82 Å². The van der Waals surface area contributed by atoms with E-state index in [2.05, 4.69) is 24.4 Å². The Labute approximate surface area is 234 Å². The zero-order valence-electron chi connectivity index (χ0n) is 22.4. The third-order valence-electron chi connectivity index (χ3n) is 7.91. The van der Waals surface area contributed by atoms with E-state index in [9.17, 15) is 13.2 Å². The van der Waals surface area contributed by atoms with E-state index in [1.807, 2.05) is 54.6 Å². The minimum atomic E-state index is -3.89. The Balaban J connectivity index is 1.17. The number of amides is 1. The first-order chi connectivity index (χ1) is 19.5. The van der Waals surface area contributed by atoms with Gasteiger partial charge < -0.3 is 9.47 Å². The number of benzene rings is 3. The molecular formula is C30H34N6O3S. The minimum absolute atomic E-state index is 0.00555. The molecule has 208 valence electrons. The first-order valence-electron chi connectivity index (χ1n) is 13.9. The summed E-state index contributed by atoms with van der Waals surface area (Å²) < 4.78 is 31.9. The molecule has 3 heterocycles. The van der Waals surface area contributed by atoms with Crippen LogP contribution in [0.15, 0.2) is 77.7 Å². The molecule has 1 fully saturated rings. The van der Waals surface area contributed by atoms with Gasteiger partial charge in [-0.1, -0.05) is 67.1 Å². The lowest BCUT2D eigenvalue weighted by atomic mass is 10.0. The van der Waals surface area contributed by atoms with Crippen LogP contribution in [-0.4, -0.2) is 58.5 Å². The molecule has 4 aromatic rings. The summed E-state index contributed by atoms with van der Waals surface area (Å²) in [4.78, 5) is 17.9. The van der Waals surface area contributed by atoms with Gasteiger partial charge in [-0.3, -0.25) is 9.69 Å². The molecule has 1 amide bonds. The smallest absolute Gasteiger partial charge is 0.241 e. The third-order valence-corrected chi connectivity index (χ3v) is 9.37. The summed E-state index contributed by atoms with van der Waals surface area (Å²) in [6, 6.07) is 21.3. The molecule has 9 nitrogen and oxygen atoms in total. The Bertz CT molecular complexity index is 1600. The topological polar surface area (TPSA) is 100 Å². The van der Waals surface area contributed by atoms with Crippen molar-refractivity contribution in [1.82, 2.24) is 29.3 Å². The van der Waals surface area contributed by atoms with Gasteiger partial charge in [0.25, 0.3) is 0 Å². The highest BCUT2D eigenvalue weighted by atomic mass is 32.2. The predicted molar refractivity (Wildman–Crippen MR) is 153 cm³/mol. The average Bonchev–Trinajstić information content (AvgIpc) is 3.39. The van der Waals surface area contributed by atoms with Crippen LogP contribution in [0, 0.1) is 0 Å². The van der Waals surface area contributed by atoms with Gasteiger partial charge in [-0.05, 0) is 54.4 Å². The Hall–Kier alpha value is -3.60. The van der Waals surface area contributed by atoms with Crippen LogP contribution in [0.4, 0.5) is 0 Å². The molecule has 0 radical (unpaired) electrons. The van der Waals surface area contributed by atoms with Gasteiger partial charge in [-0.25, -0.2) is 13.1 Å². The fraction of sp³-hybridized carbons (Fsp3) is 0.367. The second-order valence-electron chi connectivity index (χ2n) is 10.6. The van der Waals surface area contributed by atoms with E-state index in [1.165, 1.54) is 19.3 Å². The van der Waals surface area contributed by atoms with E-state index < -0.39 is 16.1 Å². The summed E-state index contributed by atoms with van der Waals surface area (Å²) in [5, 5.41) is 10.6. The highest BCUT2D eigenvalue weighted by Gasteiger charge is 2.29. The summed E-state index contributed by atoms with van der Waals surface area (Å²) in [5.41, 5.74) is 0.740. The standard InChI is InChI=1S/C30H34N6O3S/c37-30(35-17-18-36-28(31-32-29(36)22-35)21-34-15-7-2-8-16-34)20-27(24-10-3-1-4-11-24)33-40(38,39)26-14-13-23-9-5-6-12-25(23)19-26/h1,3-6,9-14,19,27,33H,2,7-8,15-18,20-22H2. The van der Waals surface area contributed by atoms with E-state index in [4.69, 9.17) is 0 Å². The van der Waals surface area contributed by atoms with Crippen LogP contribution >= 0.6 is 0 Å². The number of nitrogens with one attached hydrogen (secondary N) is 1. The van der Waals surface area contributed by atoms with Gasteiger partial charge in [-0.15, -0.1) is 10.2 Å². The number of rotatable bonds is 8. The fourth-order valence-corrected chi connectivity index (χ4v) is 6.93. The second kappa shape index (κ2) is 11.5. The number of hydrogen-bond acceptors (Lipinski definition) is 6. The van der Waals surface area contributed by atoms with Crippen LogP contribution in [-0.2, 0) is 34.5 Å². The van der Waals surface area contributed by atoms with Crippen molar-refractivity contribution in [3.63, 3.8) is 0 Å². The zero-order chi connectivity index (χ0) is 27.5. The molecule has 0 spiro atoms. The molecule has 0 aliphatic carbocycles. The monoisotopic (exact) mass is 558 g/mol. The molecule has 0 saturated carbocycles. The first kappa shape index (κ1) is 26.6. The highest BCUT2D eigenvalue weighted by molar-refractivity contribution is 7.89. The Kier molecular flexibility index (Phi) is 7.64. The number of nitrogens with zero attached hydrogens (tertiary/aromatic N) is 5. The van der Waals surface area contributed by atoms with Gasteiger partial charge >= 0.3 is 0 Å². The minimum Gasteiger partial charge on any atom is -0.333 e. The number of fused-ring (bicyclic) bond motifs is 2. The van der Waals surface area contributed by atoms with Crippen LogP contribution in [0.2, 0.25) is 0 Å². The molecule has 3 aromatic carbocycles. The van der Waals surface area contributed by atoms with Crippen LogP contribution in [0.5, 0.6) is 0 Å². The van der Waals surface area contributed by atoms with Crippen molar-refractivity contribution < 1.29 is 13.2 Å². The predicted octanol–water partition coefficient (Wildman–Crippen LogP) is 3.87. The number of likely N-dealkylation sites (tertiary alicyclic amines) is 1. The molecule has 40 heavy (non-hydrogen) atoms. The average molecular weight is 559 g/mol. The summed E-state index contributed by atoms with van der Waals surface area (Å²) >= 11 is 0. The summed E-state index contributed by atoms with van der Waals surface area (Å²) in [5.74, 6) is 1.61. The fourth-order valence-electron chi connectivity index (χ4n) is 5.67. The lowest BCUT2D eigenvalue weighted by Gasteiger charge is -2.31. The SMILES string of the molecule is O=C(CC(NS(=O)(=O)c1ccc2ccccc2c1)c1ccccc1)N1CCn2c(CN3CCCCC3)nnc2C1. The molecule has 1 atom stereocenters. The molecule has 1 saturated heterocycles. The Morgan fingerprint density at radius 1 is 0.850 bits per heavy atom. The quantitative estimate of drug-likeness (QED) is 0.353. The molecule has 1 aromatic heterocycles. The van der Waals surface area contributed by atoms with E-state index in [0.717, 1.165) is 47.6 Å². The number of carbonyl (C=O) groups excluding carboxylic acids is 1. The van der Waals surface area contributed by atoms with Crippen LogP contribution in [0.1, 0.15) is 48.9 Å². The van der Waals surface area contributed by atoms with Crippen LogP contribution < -0.4 is 4.72 Å². The number of hydrogen-bond donors (Lipinski definition) is 1. The van der Waals surface area contributed by atoms with Crippen molar-refractivity contribution in [2.75, 3.05) is 19.6 Å². The van der Waals surface area contributed by atoms with Gasteiger partial charge in [-0.2, -0.15) is 0 Å². The highest BCUT2D eigenvalue weighted by Crippen LogP contribution is 2.25. The zero-order valence-corrected chi connectivity index (χ0v) is 23.3. The second-order valence-corrected chi connectivity index (χ2v) is 12.3. The van der Waals surface area contributed by atoms with Gasteiger partial charge in [0.05, 0.1) is 24.0 Å². The van der Waals surface area contributed by atoms with E-state index in [0.29, 0.717) is 19.6 Å². The van der Waals surface area contributed by atoms with E-state index >= 15 is 0 Å². The molecule has 2 aliphatic heterocycles. The summed E-state index contributed by atoms with van der Waals surface area (Å²) in [6.45, 7) is 4.50. The maximum atomic E-state index is 13.5. The molecule has 2 aliphatic rings. The number of piperidine rings is 1. The molecular weight excluding hydrogens is 524 g/mol. The lowest BCUT2D eigenvalue weighted by molar-refractivity contribution is -0.133. The van der Waals surface area contributed by atoms with Crippen molar-refractivity contribution >= 4 is 26.7 Å². The van der Waals surface area contributed by atoms with E-state index in [-0.39, 0.29) is 17.2 Å². The largest absolute Gasteiger partial charge is 0.333 e. The summed E-state index contributed by atoms with van der Waals surface area (Å²) in [6.07, 6.45) is 3.73. The number of sulfonamides is 1. The first-order valence-corrected chi connectivity index (χ1v) is 15.4. The van der Waals surface area contributed by atoms with Crippen molar-refractivity contribution in [2.24, 2.45) is 0 Å². The van der Waals surface area contributed by atoms with Gasteiger partial charge in [0.2, 0.25) is 15.9 Å². The Morgan fingerprint density at radius 2 is 1.60 bits per heavy atom. The van der Waals surface area contributed by atoms with Crippen molar-refractivity contribution in [3.05, 3.63) is 90.0 Å². The molecule has 1 N–H and O–H groups in total. The molecule has 0 bridgehead atoms. The Morgan fingerprint density at radius 3 is 2.40 bits per heavy atom. The number of aromatic nitrogens is 3.